The number of hydrogen-bond donors (Lipinski definition) is 2. The fourth-order valence-corrected chi connectivity index (χ4v) is 3.79. The van der Waals surface area contributed by atoms with Crippen molar-refractivity contribution in [3.63, 3.8) is 0 Å². The summed E-state index contributed by atoms with van der Waals surface area (Å²) in [7, 11) is 1.63. The number of halogens is 1. The Balaban J connectivity index is 0.00000225. The molecule has 25 heavy (non-hydrogen) atoms. The molecule has 2 N–H and O–H groups in total. The van der Waals surface area contributed by atoms with Gasteiger partial charge in [0.05, 0.1) is 12.8 Å². The van der Waals surface area contributed by atoms with Crippen LogP contribution in [0.25, 0.3) is 0 Å². The molecule has 0 spiro atoms. The number of anilines is 1. The van der Waals surface area contributed by atoms with Crippen molar-refractivity contribution in [2.45, 2.75) is 25.7 Å². The van der Waals surface area contributed by atoms with Crippen molar-refractivity contribution in [3.05, 3.63) is 24.3 Å². The van der Waals surface area contributed by atoms with E-state index in [0.717, 1.165) is 50.6 Å². The van der Waals surface area contributed by atoms with Crippen molar-refractivity contribution < 1.29 is 9.53 Å². The predicted octanol–water partition coefficient (Wildman–Crippen LogP) is 2.77. The van der Waals surface area contributed by atoms with Gasteiger partial charge >= 0.3 is 0 Å². The highest BCUT2D eigenvalue weighted by Crippen LogP contribution is 2.26. The first-order valence-corrected chi connectivity index (χ1v) is 9.13. The standard InChI is InChI=1S/C19H29N3O2.ClH/c1-24-18-5-3-2-4-17(18)21-19(23)16-8-12-22(13-9-16)14-15-6-10-20-11-7-15;/h2-5,15-16,20H,6-14H2,1H3,(H,21,23);1H. The molecule has 0 saturated carbocycles. The number of piperidine rings is 2. The second kappa shape index (κ2) is 10.00. The summed E-state index contributed by atoms with van der Waals surface area (Å²) in [6.07, 6.45) is 4.47. The van der Waals surface area contributed by atoms with Crippen LogP contribution in [0.15, 0.2) is 24.3 Å². The Morgan fingerprint density at radius 2 is 1.88 bits per heavy atom. The number of amides is 1. The molecule has 0 bridgehead atoms. The average Bonchev–Trinajstić information content (AvgIpc) is 2.63. The maximum absolute atomic E-state index is 12.5. The summed E-state index contributed by atoms with van der Waals surface area (Å²) in [5.74, 6) is 1.78. The van der Waals surface area contributed by atoms with Crippen molar-refractivity contribution in [2.75, 3.05) is 45.2 Å². The van der Waals surface area contributed by atoms with Crippen molar-refractivity contribution in [3.8, 4) is 5.75 Å². The fourth-order valence-electron chi connectivity index (χ4n) is 3.79. The first-order valence-electron chi connectivity index (χ1n) is 9.13. The molecule has 3 rings (SSSR count). The molecule has 1 aromatic carbocycles. The van der Waals surface area contributed by atoms with Crippen LogP contribution < -0.4 is 15.4 Å². The molecule has 5 nitrogen and oxygen atoms in total. The SMILES string of the molecule is COc1ccccc1NC(=O)C1CCN(CC2CCNCC2)CC1.Cl. The van der Waals surface area contributed by atoms with Gasteiger partial charge in [0.25, 0.3) is 0 Å². The molecule has 2 saturated heterocycles. The Kier molecular flexibility index (Phi) is 8.00. The second-order valence-corrected chi connectivity index (χ2v) is 6.96. The number of benzene rings is 1. The number of rotatable bonds is 5. The summed E-state index contributed by atoms with van der Waals surface area (Å²) in [4.78, 5) is 15.1. The fraction of sp³-hybridized carbons (Fsp3) is 0.632. The summed E-state index contributed by atoms with van der Waals surface area (Å²) >= 11 is 0. The van der Waals surface area contributed by atoms with Gasteiger partial charge in [0.1, 0.15) is 5.75 Å². The van der Waals surface area contributed by atoms with Crippen LogP contribution in [-0.2, 0) is 4.79 Å². The van der Waals surface area contributed by atoms with Crippen LogP contribution in [0.2, 0.25) is 0 Å². The quantitative estimate of drug-likeness (QED) is 0.840. The summed E-state index contributed by atoms with van der Waals surface area (Å²) < 4.78 is 5.31. The minimum Gasteiger partial charge on any atom is -0.495 e. The molecule has 2 fully saturated rings. The van der Waals surface area contributed by atoms with Gasteiger partial charge in [-0.05, 0) is 69.9 Å². The summed E-state index contributed by atoms with van der Waals surface area (Å²) in [5.41, 5.74) is 0.766. The highest BCUT2D eigenvalue weighted by molar-refractivity contribution is 5.94. The molecule has 2 aliphatic heterocycles. The van der Waals surface area contributed by atoms with Gasteiger partial charge in [-0.1, -0.05) is 12.1 Å². The van der Waals surface area contributed by atoms with Crippen LogP contribution in [0.1, 0.15) is 25.7 Å². The van der Waals surface area contributed by atoms with Gasteiger partial charge in [0.15, 0.2) is 0 Å². The van der Waals surface area contributed by atoms with Gasteiger partial charge in [0.2, 0.25) is 5.91 Å². The van der Waals surface area contributed by atoms with E-state index >= 15 is 0 Å². The van der Waals surface area contributed by atoms with Gasteiger partial charge in [-0.25, -0.2) is 0 Å². The largest absolute Gasteiger partial charge is 0.495 e. The zero-order chi connectivity index (χ0) is 16.8. The Morgan fingerprint density at radius 3 is 2.56 bits per heavy atom. The number of likely N-dealkylation sites (tertiary alicyclic amines) is 1. The smallest absolute Gasteiger partial charge is 0.227 e. The highest BCUT2D eigenvalue weighted by atomic mass is 35.5. The van der Waals surface area contributed by atoms with Gasteiger partial charge in [-0.2, -0.15) is 0 Å². The Bertz CT molecular complexity index is 541. The summed E-state index contributed by atoms with van der Waals surface area (Å²) in [6, 6.07) is 7.59. The minimum atomic E-state index is 0. The maximum atomic E-state index is 12.5. The van der Waals surface area contributed by atoms with Crippen LogP contribution >= 0.6 is 12.4 Å². The van der Waals surface area contributed by atoms with E-state index in [1.165, 1.54) is 19.4 Å². The predicted molar refractivity (Wildman–Crippen MR) is 104 cm³/mol. The number of nitrogens with zero attached hydrogens (tertiary/aromatic N) is 1. The van der Waals surface area contributed by atoms with Crippen LogP contribution in [0.4, 0.5) is 5.69 Å². The minimum absolute atomic E-state index is 0. The lowest BCUT2D eigenvalue weighted by Crippen LogP contribution is -2.42. The normalized spacial score (nSPS) is 19.9. The number of methoxy groups -OCH3 is 1. The Morgan fingerprint density at radius 1 is 1.20 bits per heavy atom. The number of nitrogens with one attached hydrogen (secondary N) is 2. The molecule has 6 heteroatoms. The van der Waals surface area contributed by atoms with E-state index in [9.17, 15) is 4.79 Å². The maximum Gasteiger partial charge on any atom is 0.227 e. The molecule has 2 heterocycles. The lowest BCUT2D eigenvalue weighted by Gasteiger charge is -2.35. The summed E-state index contributed by atoms with van der Waals surface area (Å²) in [6.45, 7) is 5.58. The van der Waals surface area contributed by atoms with Gasteiger partial charge in [0, 0.05) is 12.5 Å². The molecule has 0 atom stereocenters. The number of ether oxygens (including phenoxy) is 1. The second-order valence-electron chi connectivity index (χ2n) is 6.96. The lowest BCUT2D eigenvalue weighted by atomic mass is 9.93. The third-order valence-corrected chi connectivity index (χ3v) is 5.30. The average molecular weight is 368 g/mol. The molecular weight excluding hydrogens is 338 g/mol. The monoisotopic (exact) mass is 367 g/mol. The van der Waals surface area contributed by atoms with E-state index in [2.05, 4.69) is 15.5 Å². The van der Waals surface area contributed by atoms with E-state index in [-0.39, 0.29) is 24.2 Å². The first-order chi connectivity index (χ1) is 11.8. The van der Waals surface area contributed by atoms with E-state index in [4.69, 9.17) is 4.74 Å². The van der Waals surface area contributed by atoms with Crippen LogP contribution in [0.3, 0.4) is 0 Å². The zero-order valence-corrected chi connectivity index (χ0v) is 15.8. The molecule has 2 aliphatic rings. The molecule has 0 radical (unpaired) electrons. The topological polar surface area (TPSA) is 53.6 Å². The van der Waals surface area contributed by atoms with Crippen molar-refractivity contribution in [1.29, 1.82) is 0 Å². The van der Waals surface area contributed by atoms with Crippen LogP contribution in [0, 0.1) is 11.8 Å². The third kappa shape index (κ3) is 5.59. The van der Waals surface area contributed by atoms with Crippen molar-refractivity contribution >= 4 is 24.0 Å². The van der Waals surface area contributed by atoms with Gasteiger partial charge in [-0.3, -0.25) is 4.79 Å². The van der Waals surface area contributed by atoms with Crippen molar-refractivity contribution in [1.82, 2.24) is 10.2 Å². The van der Waals surface area contributed by atoms with Gasteiger partial charge in [-0.15, -0.1) is 12.4 Å². The van der Waals surface area contributed by atoms with E-state index in [1.54, 1.807) is 7.11 Å². The van der Waals surface area contributed by atoms with Crippen LogP contribution in [0.5, 0.6) is 5.75 Å². The molecule has 140 valence electrons. The van der Waals surface area contributed by atoms with Crippen LogP contribution in [-0.4, -0.2) is 50.6 Å². The molecule has 0 aromatic heterocycles. The molecule has 0 aliphatic carbocycles. The zero-order valence-electron chi connectivity index (χ0n) is 15.0. The van der Waals surface area contributed by atoms with E-state index < -0.39 is 0 Å². The molecule has 1 aromatic rings. The molecule has 0 unspecified atom stereocenters. The Hall–Kier alpha value is -1.30. The first kappa shape index (κ1) is 20.0. The number of carbonyl (C=O) groups excluding carboxylic acids is 1. The Labute approximate surface area is 156 Å². The molecular formula is C19H30ClN3O2. The van der Waals surface area contributed by atoms with Crippen molar-refractivity contribution in [2.24, 2.45) is 11.8 Å². The lowest BCUT2D eigenvalue weighted by molar-refractivity contribution is -0.121. The van der Waals surface area contributed by atoms with E-state index in [0.29, 0.717) is 5.75 Å². The van der Waals surface area contributed by atoms with Gasteiger partial charge < -0.3 is 20.3 Å². The van der Waals surface area contributed by atoms with E-state index in [1.807, 2.05) is 24.3 Å². The molecule has 1 amide bonds. The number of para-hydroxylation sites is 2. The third-order valence-electron chi connectivity index (χ3n) is 5.30. The highest BCUT2D eigenvalue weighted by Gasteiger charge is 2.27. The summed E-state index contributed by atoms with van der Waals surface area (Å²) in [5, 5.41) is 6.46. The number of hydrogen-bond acceptors (Lipinski definition) is 4. The number of carbonyl (C=O) groups is 1.